The average molecular weight is 306 g/mol. The molecule has 1 heterocycles. The molecule has 0 spiro atoms. The van der Waals surface area contributed by atoms with Gasteiger partial charge in [-0.05, 0) is 38.0 Å². The monoisotopic (exact) mass is 306 g/mol. The second-order valence-electron chi connectivity index (χ2n) is 4.91. The number of rotatable bonds is 5. The topological polar surface area (TPSA) is 34.1 Å². The molecule has 0 radical (unpaired) electrons. The molecule has 1 aromatic heterocycles. The average Bonchev–Trinajstić information content (AvgIpc) is 2.71. The molecule has 2 nitrogen and oxygen atoms in total. The Morgan fingerprint density at radius 2 is 1.90 bits per heavy atom. The molecule has 0 aliphatic heterocycles. The fraction of sp³-hybridized carbons (Fsp3) is 0.312. The highest BCUT2D eigenvalue weighted by Gasteiger charge is 2.15. The van der Waals surface area contributed by atoms with E-state index < -0.39 is 10.8 Å². The summed E-state index contributed by atoms with van der Waals surface area (Å²) in [5, 5.41) is 0. The number of carbonyl (C=O) groups is 1. The van der Waals surface area contributed by atoms with Crippen LogP contribution in [-0.4, -0.2) is 15.7 Å². The highest BCUT2D eigenvalue weighted by molar-refractivity contribution is 7.85. The zero-order valence-corrected chi connectivity index (χ0v) is 13.6. The molecule has 4 heteroatoms. The van der Waals surface area contributed by atoms with Crippen molar-refractivity contribution in [1.82, 2.24) is 0 Å². The summed E-state index contributed by atoms with van der Waals surface area (Å²) in [5.41, 5.74) is 2.90. The summed E-state index contributed by atoms with van der Waals surface area (Å²) < 4.78 is 12.2. The maximum absolute atomic E-state index is 12.2. The Morgan fingerprint density at radius 1 is 1.20 bits per heavy atom. The largest absolute Gasteiger partial charge is 0.293 e. The van der Waals surface area contributed by atoms with E-state index in [1.54, 1.807) is 11.3 Å². The van der Waals surface area contributed by atoms with Crippen LogP contribution in [0.3, 0.4) is 0 Å². The molecule has 2 aromatic rings. The van der Waals surface area contributed by atoms with Gasteiger partial charge in [0, 0.05) is 31.9 Å². The number of aryl methyl sites for hydroxylation is 3. The van der Waals surface area contributed by atoms with Crippen LogP contribution in [0.15, 0.2) is 30.3 Å². The molecule has 1 atom stereocenters. The summed E-state index contributed by atoms with van der Waals surface area (Å²) in [4.78, 5) is 14.3. The van der Waals surface area contributed by atoms with E-state index in [2.05, 4.69) is 0 Å². The number of hydrogen-bond donors (Lipinski definition) is 0. The van der Waals surface area contributed by atoms with Gasteiger partial charge in [-0.3, -0.25) is 9.00 Å². The van der Waals surface area contributed by atoms with Crippen LogP contribution in [0.2, 0.25) is 0 Å². The van der Waals surface area contributed by atoms with Gasteiger partial charge in [-0.15, -0.1) is 11.3 Å². The molecule has 0 bridgehead atoms. The van der Waals surface area contributed by atoms with E-state index in [4.69, 9.17) is 0 Å². The summed E-state index contributed by atoms with van der Waals surface area (Å²) in [6.45, 7) is 5.93. The van der Waals surface area contributed by atoms with Gasteiger partial charge in [0.2, 0.25) is 0 Å². The van der Waals surface area contributed by atoms with Gasteiger partial charge in [-0.1, -0.05) is 24.3 Å². The zero-order chi connectivity index (χ0) is 14.7. The van der Waals surface area contributed by atoms with Crippen molar-refractivity contribution in [2.75, 3.05) is 5.75 Å². The van der Waals surface area contributed by atoms with Crippen molar-refractivity contribution in [2.45, 2.75) is 26.5 Å². The maximum Gasteiger partial charge on any atom is 0.176 e. The minimum absolute atomic E-state index is 0.0150. The Balaban J connectivity index is 2.03. The third-order valence-electron chi connectivity index (χ3n) is 3.21. The summed E-state index contributed by atoms with van der Waals surface area (Å²) in [5.74, 6) is 0.533. The fourth-order valence-electron chi connectivity index (χ4n) is 2.13. The van der Waals surface area contributed by atoms with Crippen LogP contribution < -0.4 is 0 Å². The maximum atomic E-state index is 12.2. The first kappa shape index (κ1) is 15.1. The third kappa shape index (κ3) is 3.64. The molecule has 0 fully saturated rings. The molecule has 0 N–H and O–H groups in total. The number of thiophene rings is 1. The molecule has 2 rings (SSSR count). The van der Waals surface area contributed by atoms with Gasteiger partial charge < -0.3 is 0 Å². The number of ketones is 1. The van der Waals surface area contributed by atoms with E-state index in [-0.39, 0.29) is 11.5 Å². The summed E-state index contributed by atoms with van der Waals surface area (Å²) >= 11 is 1.61. The normalized spacial score (nSPS) is 12.3. The zero-order valence-electron chi connectivity index (χ0n) is 11.9. The van der Waals surface area contributed by atoms with Crippen molar-refractivity contribution in [3.05, 3.63) is 56.8 Å². The van der Waals surface area contributed by atoms with Crippen molar-refractivity contribution < 1.29 is 9.00 Å². The minimum atomic E-state index is -1.16. The second-order valence-corrected chi connectivity index (χ2v) is 7.82. The standard InChI is InChI=1S/C16H18O2S2/c1-11-6-4-5-7-14(11)9-20(18)10-16(17)15-8-12(2)19-13(15)3/h4-8H,9-10H2,1-3H3. The summed E-state index contributed by atoms with van der Waals surface area (Å²) in [6.07, 6.45) is 0. The first-order chi connectivity index (χ1) is 9.47. The Hall–Kier alpha value is -1.26. The molecule has 0 amide bonds. The quantitative estimate of drug-likeness (QED) is 0.787. The molecule has 1 unspecified atom stereocenters. The lowest BCUT2D eigenvalue weighted by molar-refractivity contribution is 0.102. The van der Waals surface area contributed by atoms with Crippen molar-refractivity contribution in [1.29, 1.82) is 0 Å². The van der Waals surface area contributed by atoms with E-state index >= 15 is 0 Å². The number of Topliss-reactive ketones (excluding diaryl/α,β-unsaturated/α-hetero) is 1. The van der Waals surface area contributed by atoms with Crippen molar-refractivity contribution in [2.24, 2.45) is 0 Å². The van der Waals surface area contributed by atoms with Crippen molar-refractivity contribution >= 4 is 27.9 Å². The van der Waals surface area contributed by atoms with Gasteiger partial charge in [-0.2, -0.15) is 0 Å². The third-order valence-corrected chi connectivity index (χ3v) is 5.39. The summed E-state index contributed by atoms with van der Waals surface area (Å²) in [6, 6.07) is 9.77. The molecular weight excluding hydrogens is 288 g/mol. The molecule has 20 heavy (non-hydrogen) atoms. The number of hydrogen-bond acceptors (Lipinski definition) is 3. The smallest absolute Gasteiger partial charge is 0.176 e. The second kappa shape index (κ2) is 6.46. The van der Waals surface area contributed by atoms with Crippen LogP contribution in [0.4, 0.5) is 0 Å². The molecule has 1 aromatic carbocycles. The highest BCUT2D eigenvalue weighted by Crippen LogP contribution is 2.21. The highest BCUT2D eigenvalue weighted by atomic mass is 32.2. The SMILES string of the molecule is Cc1cc(C(=O)CS(=O)Cc2ccccc2C)c(C)s1. The van der Waals surface area contributed by atoms with E-state index in [1.165, 1.54) is 0 Å². The first-order valence-corrected chi connectivity index (χ1v) is 8.77. The van der Waals surface area contributed by atoms with Gasteiger partial charge in [-0.25, -0.2) is 0 Å². The number of benzene rings is 1. The van der Waals surface area contributed by atoms with E-state index in [1.807, 2.05) is 51.1 Å². The van der Waals surface area contributed by atoms with Crippen LogP contribution in [0.1, 0.15) is 31.2 Å². The van der Waals surface area contributed by atoms with Crippen molar-refractivity contribution in [3.63, 3.8) is 0 Å². The lowest BCUT2D eigenvalue weighted by Crippen LogP contribution is -2.13. The molecule has 0 saturated heterocycles. The Labute approximate surface area is 126 Å². The number of carbonyl (C=O) groups excluding carboxylic acids is 1. The van der Waals surface area contributed by atoms with Crippen molar-refractivity contribution in [3.8, 4) is 0 Å². The van der Waals surface area contributed by atoms with Crippen LogP contribution in [0.5, 0.6) is 0 Å². The lowest BCUT2D eigenvalue weighted by atomic mass is 10.1. The molecule has 0 aliphatic carbocycles. The predicted molar refractivity (Wildman–Crippen MR) is 86.0 cm³/mol. The van der Waals surface area contributed by atoms with E-state index in [0.717, 1.165) is 26.4 Å². The molecule has 0 saturated carbocycles. The van der Waals surface area contributed by atoms with Gasteiger partial charge in [0.05, 0.1) is 5.75 Å². The lowest BCUT2D eigenvalue weighted by Gasteiger charge is -2.05. The Kier molecular flexibility index (Phi) is 4.89. The predicted octanol–water partition coefficient (Wildman–Crippen LogP) is 3.80. The van der Waals surface area contributed by atoms with Crippen LogP contribution >= 0.6 is 11.3 Å². The Morgan fingerprint density at radius 3 is 2.50 bits per heavy atom. The molecular formula is C16H18O2S2. The first-order valence-electron chi connectivity index (χ1n) is 6.47. The van der Waals surface area contributed by atoms with Gasteiger partial charge in [0.25, 0.3) is 0 Å². The summed E-state index contributed by atoms with van der Waals surface area (Å²) in [7, 11) is -1.16. The van der Waals surface area contributed by atoms with E-state index in [9.17, 15) is 9.00 Å². The minimum Gasteiger partial charge on any atom is -0.293 e. The Bertz CT molecular complexity index is 656. The van der Waals surface area contributed by atoms with Gasteiger partial charge >= 0.3 is 0 Å². The van der Waals surface area contributed by atoms with Gasteiger partial charge in [0.1, 0.15) is 0 Å². The van der Waals surface area contributed by atoms with Crippen LogP contribution in [-0.2, 0) is 16.6 Å². The van der Waals surface area contributed by atoms with Crippen LogP contribution in [0, 0.1) is 20.8 Å². The molecule has 106 valence electrons. The van der Waals surface area contributed by atoms with E-state index in [0.29, 0.717) is 5.75 Å². The van der Waals surface area contributed by atoms with Crippen LogP contribution in [0.25, 0.3) is 0 Å². The van der Waals surface area contributed by atoms with Gasteiger partial charge in [0.15, 0.2) is 5.78 Å². The molecule has 0 aliphatic rings. The fourth-order valence-corrected chi connectivity index (χ4v) is 4.29.